The Bertz CT molecular complexity index is 666. The molecule has 116 valence electrons. The summed E-state index contributed by atoms with van der Waals surface area (Å²) in [6.07, 6.45) is 6.29. The molecule has 0 atom stereocenters. The molecule has 0 bridgehead atoms. The lowest BCUT2D eigenvalue weighted by molar-refractivity contribution is 0.0526. The first-order valence-electron chi connectivity index (χ1n) is 7.68. The van der Waals surface area contributed by atoms with Crippen molar-refractivity contribution in [2.75, 3.05) is 18.5 Å². The van der Waals surface area contributed by atoms with Crippen molar-refractivity contribution in [3.8, 4) is 0 Å². The van der Waals surface area contributed by atoms with Crippen molar-refractivity contribution in [1.29, 1.82) is 0 Å². The molecule has 0 aromatic carbocycles. The standard InChI is InChI=1S/C16H20N4O2/c1-2-22-16(21)13-10-18-20(11-13)9-7-14-6-5-12-4-3-8-17-15(12)19-14/h5-6,10-11H,2-4,7-9H2,1H3,(H,17,19). The fourth-order valence-corrected chi connectivity index (χ4v) is 2.54. The molecule has 6 heteroatoms. The summed E-state index contributed by atoms with van der Waals surface area (Å²) in [7, 11) is 0. The second-order valence-corrected chi connectivity index (χ2v) is 5.30. The molecule has 0 amide bonds. The van der Waals surface area contributed by atoms with Gasteiger partial charge in [-0.15, -0.1) is 0 Å². The van der Waals surface area contributed by atoms with E-state index >= 15 is 0 Å². The van der Waals surface area contributed by atoms with Crippen LogP contribution in [0.15, 0.2) is 24.5 Å². The Morgan fingerprint density at radius 2 is 2.36 bits per heavy atom. The lowest BCUT2D eigenvalue weighted by atomic mass is 10.1. The Morgan fingerprint density at radius 1 is 1.45 bits per heavy atom. The minimum absolute atomic E-state index is 0.329. The normalized spacial score (nSPS) is 13.3. The first-order valence-corrected chi connectivity index (χ1v) is 7.68. The molecule has 2 aromatic heterocycles. The number of hydrogen-bond acceptors (Lipinski definition) is 5. The maximum Gasteiger partial charge on any atom is 0.341 e. The summed E-state index contributed by atoms with van der Waals surface area (Å²) in [5.74, 6) is 0.682. The van der Waals surface area contributed by atoms with Gasteiger partial charge in [-0.2, -0.15) is 5.10 Å². The maximum absolute atomic E-state index is 11.6. The van der Waals surface area contributed by atoms with Crippen molar-refractivity contribution >= 4 is 11.8 Å². The van der Waals surface area contributed by atoms with Crippen molar-refractivity contribution < 1.29 is 9.53 Å². The van der Waals surface area contributed by atoms with E-state index < -0.39 is 0 Å². The van der Waals surface area contributed by atoms with Crippen LogP contribution in [0.2, 0.25) is 0 Å². The van der Waals surface area contributed by atoms with E-state index in [0.29, 0.717) is 18.7 Å². The third-order valence-electron chi connectivity index (χ3n) is 3.69. The number of rotatable bonds is 5. The van der Waals surface area contributed by atoms with Crippen molar-refractivity contribution in [3.63, 3.8) is 0 Å². The highest BCUT2D eigenvalue weighted by molar-refractivity contribution is 5.88. The summed E-state index contributed by atoms with van der Waals surface area (Å²) in [6.45, 7) is 3.84. The van der Waals surface area contributed by atoms with Crippen LogP contribution in [-0.4, -0.2) is 33.9 Å². The topological polar surface area (TPSA) is 69.0 Å². The Balaban J connectivity index is 1.62. The second kappa shape index (κ2) is 6.60. The zero-order valence-corrected chi connectivity index (χ0v) is 12.7. The number of aryl methyl sites for hydroxylation is 3. The number of carbonyl (C=O) groups excluding carboxylic acids is 1. The van der Waals surface area contributed by atoms with E-state index in [0.717, 1.165) is 37.3 Å². The first-order chi connectivity index (χ1) is 10.8. The van der Waals surface area contributed by atoms with E-state index in [1.807, 2.05) is 0 Å². The quantitative estimate of drug-likeness (QED) is 0.856. The molecule has 0 radical (unpaired) electrons. The molecule has 22 heavy (non-hydrogen) atoms. The second-order valence-electron chi connectivity index (χ2n) is 5.30. The molecule has 1 N–H and O–H groups in total. The van der Waals surface area contributed by atoms with E-state index in [1.165, 1.54) is 5.56 Å². The molecule has 0 aliphatic carbocycles. The van der Waals surface area contributed by atoms with Crippen LogP contribution in [0.4, 0.5) is 5.82 Å². The van der Waals surface area contributed by atoms with Crippen LogP contribution in [0.5, 0.6) is 0 Å². The zero-order valence-electron chi connectivity index (χ0n) is 12.7. The molecule has 0 fully saturated rings. The average Bonchev–Trinajstić information content (AvgIpc) is 3.02. The first kappa shape index (κ1) is 14.6. The zero-order chi connectivity index (χ0) is 15.4. The molecule has 1 aliphatic rings. The average molecular weight is 300 g/mol. The summed E-state index contributed by atoms with van der Waals surface area (Å²) in [4.78, 5) is 16.3. The Labute approximate surface area is 129 Å². The molecular weight excluding hydrogens is 280 g/mol. The number of hydrogen-bond donors (Lipinski definition) is 1. The van der Waals surface area contributed by atoms with Gasteiger partial charge in [-0.25, -0.2) is 9.78 Å². The predicted molar refractivity (Wildman–Crippen MR) is 82.9 cm³/mol. The predicted octanol–water partition coefficient (Wildman–Crippen LogP) is 2.06. The van der Waals surface area contributed by atoms with E-state index in [-0.39, 0.29) is 5.97 Å². The van der Waals surface area contributed by atoms with Gasteiger partial charge in [0.15, 0.2) is 0 Å². The van der Waals surface area contributed by atoms with Crippen molar-refractivity contribution in [3.05, 3.63) is 41.3 Å². The van der Waals surface area contributed by atoms with Crippen LogP contribution in [0.3, 0.4) is 0 Å². The van der Waals surface area contributed by atoms with Crippen LogP contribution >= 0.6 is 0 Å². The van der Waals surface area contributed by atoms with Crippen LogP contribution < -0.4 is 5.32 Å². The number of carbonyl (C=O) groups is 1. The van der Waals surface area contributed by atoms with Gasteiger partial charge < -0.3 is 10.1 Å². The molecule has 0 saturated carbocycles. The van der Waals surface area contributed by atoms with Crippen LogP contribution in [0, 0.1) is 0 Å². The summed E-state index contributed by atoms with van der Waals surface area (Å²) in [5, 5.41) is 7.53. The molecule has 0 spiro atoms. The minimum Gasteiger partial charge on any atom is -0.462 e. The molecule has 3 rings (SSSR count). The SMILES string of the molecule is CCOC(=O)c1cnn(CCc2ccc3c(n2)NCCC3)c1. The fraction of sp³-hybridized carbons (Fsp3) is 0.438. The van der Waals surface area contributed by atoms with Gasteiger partial charge in [0.05, 0.1) is 18.4 Å². The van der Waals surface area contributed by atoms with Gasteiger partial charge in [0, 0.05) is 31.4 Å². The van der Waals surface area contributed by atoms with Crippen molar-refractivity contribution in [2.24, 2.45) is 0 Å². The molecule has 0 unspecified atom stereocenters. The minimum atomic E-state index is -0.329. The number of nitrogens with one attached hydrogen (secondary N) is 1. The molecule has 3 heterocycles. The molecular formula is C16H20N4O2. The van der Waals surface area contributed by atoms with E-state index in [9.17, 15) is 4.79 Å². The van der Waals surface area contributed by atoms with Gasteiger partial charge in [-0.05, 0) is 31.4 Å². The highest BCUT2D eigenvalue weighted by Gasteiger charge is 2.11. The fourth-order valence-electron chi connectivity index (χ4n) is 2.54. The molecule has 0 saturated heterocycles. The molecule has 6 nitrogen and oxygen atoms in total. The highest BCUT2D eigenvalue weighted by Crippen LogP contribution is 2.19. The number of ether oxygens (including phenoxy) is 1. The summed E-state index contributed by atoms with van der Waals surface area (Å²) in [6, 6.07) is 4.22. The van der Waals surface area contributed by atoms with Gasteiger partial charge in [-0.1, -0.05) is 6.07 Å². The van der Waals surface area contributed by atoms with E-state index in [2.05, 4.69) is 27.5 Å². The van der Waals surface area contributed by atoms with Crippen LogP contribution in [-0.2, 0) is 24.1 Å². The lowest BCUT2D eigenvalue weighted by Crippen LogP contribution is -2.14. The van der Waals surface area contributed by atoms with Crippen molar-refractivity contribution in [1.82, 2.24) is 14.8 Å². The third-order valence-corrected chi connectivity index (χ3v) is 3.69. The van der Waals surface area contributed by atoms with Crippen LogP contribution in [0.1, 0.15) is 35.0 Å². The summed E-state index contributed by atoms with van der Waals surface area (Å²) < 4.78 is 6.70. The Morgan fingerprint density at radius 3 is 3.23 bits per heavy atom. The monoisotopic (exact) mass is 300 g/mol. The van der Waals surface area contributed by atoms with Gasteiger partial charge >= 0.3 is 5.97 Å². The summed E-state index contributed by atoms with van der Waals surface area (Å²) >= 11 is 0. The number of esters is 1. The smallest absolute Gasteiger partial charge is 0.341 e. The van der Waals surface area contributed by atoms with Gasteiger partial charge in [0.1, 0.15) is 5.82 Å². The Hall–Kier alpha value is -2.37. The number of aromatic nitrogens is 3. The maximum atomic E-state index is 11.6. The number of nitrogens with zero attached hydrogens (tertiary/aromatic N) is 3. The van der Waals surface area contributed by atoms with Crippen LogP contribution in [0.25, 0.3) is 0 Å². The number of pyridine rings is 1. The van der Waals surface area contributed by atoms with Crippen molar-refractivity contribution in [2.45, 2.75) is 32.7 Å². The Kier molecular flexibility index (Phi) is 4.37. The van der Waals surface area contributed by atoms with E-state index in [4.69, 9.17) is 4.74 Å². The molecule has 1 aliphatic heterocycles. The van der Waals surface area contributed by atoms with E-state index in [1.54, 1.807) is 24.0 Å². The third kappa shape index (κ3) is 3.27. The summed E-state index contributed by atoms with van der Waals surface area (Å²) in [5.41, 5.74) is 2.81. The molecule has 2 aromatic rings. The lowest BCUT2D eigenvalue weighted by Gasteiger charge is -2.17. The van der Waals surface area contributed by atoms with Gasteiger partial charge in [0.2, 0.25) is 0 Å². The van der Waals surface area contributed by atoms with Gasteiger partial charge in [0.25, 0.3) is 0 Å². The number of anilines is 1. The van der Waals surface area contributed by atoms with Gasteiger partial charge in [-0.3, -0.25) is 4.68 Å². The highest BCUT2D eigenvalue weighted by atomic mass is 16.5. The largest absolute Gasteiger partial charge is 0.462 e. The number of fused-ring (bicyclic) bond motifs is 1.